The minimum absolute atomic E-state index is 0. The molecule has 0 saturated heterocycles. The van der Waals surface area contributed by atoms with Crippen LogP contribution in [0.1, 0.15) is 26.7 Å². The van der Waals surface area contributed by atoms with E-state index >= 15 is 0 Å². The Labute approximate surface area is 138 Å². The summed E-state index contributed by atoms with van der Waals surface area (Å²) in [5.74, 6) is 0. The van der Waals surface area contributed by atoms with Crippen LogP contribution in [0.3, 0.4) is 0 Å². The Morgan fingerprint density at radius 1 is 1.09 bits per heavy atom. The lowest BCUT2D eigenvalue weighted by atomic mass is 9.95. The molecule has 0 radical (unpaired) electrons. The van der Waals surface area contributed by atoms with Gasteiger partial charge in [0.2, 0.25) is 10.0 Å². The third kappa shape index (κ3) is 5.51. The molecule has 0 amide bonds. The van der Waals surface area contributed by atoms with Crippen LogP contribution >= 0.6 is 12.4 Å². The number of nitrogens with one attached hydrogen (secondary N) is 1. The zero-order valence-corrected chi connectivity index (χ0v) is 15.3. The summed E-state index contributed by atoms with van der Waals surface area (Å²) in [5.41, 5.74) is 5.45. The molecular weight excluding hydrogens is 348 g/mol. The van der Waals surface area contributed by atoms with Crippen LogP contribution in [-0.2, 0) is 19.9 Å². The standard InChI is InChI=1S/C13H22N2O4S2.ClH/c1-4-13(14,5-2)10-15-21(18,19)12-8-6-7-11(9-12)20(3,16)17;/h6-9,15H,4-5,10,14H2,1-3H3;1H. The number of hydrogen-bond acceptors (Lipinski definition) is 5. The highest BCUT2D eigenvalue weighted by Crippen LogP contribution is 2.17. The smallest absolute Gasteiger partial charge is 0.240 e. The van der Waals surface area contributed by atoms with E-state index in [9.17, 15) is 16.8 Å². The lowest BCUT2D eigenvalue weighted by molar-refractivity contribution is 0.391. The van der Waals surface area contributed by atoms with Gasteiger partial charge < -0.3 is 5.73 Å². The van der Waals surface area contributed by atoms with Crippen molar-refractivity contribution in [2.24, 2.45) is 5.73 Å². The van der Waals surface area contributed by atoms with Crippen molar-refractivity contribution in [2.75, 3.05) is 12.8 Å². The zero-order chi connectivity index (χ0) is 16.3. The quantitative estimate of drug-likeness (QED) is 0.752. The summed E-state index contributed by atoms with van der Waals surface area (Å²) in [6.45, 7) is 3.88. The van der Waals surface area contributed by atoms with Crippen molar-refractivity contribution in [3.05, 3.63) is 24.3 Å². The molecular formula is C13H23ClN2O4S2. The van der Waals surface area contributed by atoms with Crippen molar-refractivity contribution in [3.8, 4) is 0 Å². The normalized spacial score (nSPS) is 12.7. The van der Waals surface area contributed by atoms with E-state index in [-0.39, 0.29) is 28.7 Å². The fourth-order valence-corrected chi connectivity index (χ4v) is 3.62. The van der Waals surface area contributed by atoms with E-state index in [4.69, 9.17) is 5.73 Å². The Kier molecular flexibility index (Phi) is 7.50. The van der Waals surface area contributed by atoms with Gasteiger partial charge in [-0.15, -0.1) is 12.4 Å². The number of sulfonamides is 1. The molecule has 1 aromatic rings. The summed E-state index contributed by atoms with van der Waals surface area (Å²) in [6.07, 6.45) is 2.30. The van der Waals surface area contributed by atoms with Gasteiger partial charge in [0, 0.05) is 18.3 Å². The second-order valence-electron chi connectivity index (χ2n) is 5.14. The van der Waals surface area contributed by atoms with Crippen LogP contribution in [0.25, 0.3) is 0 Å². The molecule has 0 aromatic heterocycles. The summed E-state index contributed by atoms with van der Waals surface area (Å²) in [5, 5.41) is 0. The van der Waals surface area contributed by atoms with Crippen molar-refractivity contribution in [3.63, 3.8) is 0 Å². The third-order valence-electron chi connectivity index (χ3n) is 3.57. The van der Waals surface area contributed by atoms with Crippen molar-refractivity contribution < 1.29 is 16.8 Å². The van der Waals surface area contributed by atoms with Gasteiger partial charge in [-0.05, 0) is 31.0 Å². The van der Waals surface area contributed by atoms with Crippen LogP contribution < -0.4 is 10.5 Å². The Morgan fingerprint density at radius 3 is 2.05 bits per heavy atom. The van der Waals surface area contributed by atoms with E-state index in [1.807, 2.05) is 13.8 Å². The first-order valence-electron chi connectivity index (χ1n) is 6.63. The number of nitrogens with two attached hydrogens (primary N) is 1. The number of hydrogen-bond donors (Lipinski definition) is 2. The van der Waals surface area contributed by atoms with Gasteiger partial charge in [0.05, 0.1) is 9.79 Å². The summed E-state index contributed by atoms with van der Waals surface area (Å²) in [6, 6.07) is 5.26. The van der Waals surface area contributed by atoms with Crippen LogP contribution in [-0.4, -0.2) is 35.2 Å². The van der Waals surface area contributed by atoms with Crippen molar-refractivity contribution in [1.29, 1.82) is 0 Å². The maximum atomic E-state index is 12.2. The highest BCUT2D eigenvalue weighted by molar-refractivity contribution is 7.91. The van der Waals surface area contributed by atoms with Gasteiger partial charge >= 0.3 is 0 Å². The molecule has 0 fully saturated rings. The second kappa shape index (κ2) is 7.74. The molecule has 0 aliphatic heterocycles. The molecule has 6 nitrogen and oxygen atoms in total. The minimum Gasteiger partial charge on any atom is -0.324 e. The van der Waals surface area contributed by atoms with Gasteiger partial charge in [-0.1, -0.05) is 19.9 Å². The van der Waals surface area contributed by atoms with E-state index in [0.717, 1.165) is 12.3 Å². The molecule has 9 heteroatoms. The Balaban J connectivity index is 0.00000441. The molecule has 0 bridgehead atoms. The van der Waals surface area contributed by atoms with E-state index < -0.39 is 25.4 Å². The molecule has 0 saturated carbocycles. The maximum Gasteiger partial charge on any atom is 0.240 e. The van der Waals surface area contributed by atoms with Gasteiger partial charge in [-0.25, -0.2) is 21.6 Å². The molecule has 0 unspecified atom stereocenters. The minimum atomic E-state index is -3.79. The van der Waals surface area contributed by atoms with Crippen LogP contribution in [0.5, 0.6) is 0 Å². The summed E-state index contributed by atoms with van der Waals surface area (Å²) < 4.78 is 49.9. The van der Waals surface area contributed by atoms with E-state index in [1.165, 1.54) is 18.2 Å². The van der Waals surface area contributed by atoms with Gasteiger partial charge in [0.15, 0.2) is 9.84 Å². The second-order valence-corrected chi connectivity index (χ2v) is 8.92. The fraction of sp³-hybridized carbons (Fsp3) is 0.538. The third-order valence-corrected chi connectivity index (χ3v) is 6.08. The Bertz CT molecular complexity index is 699. The van der Waals surface area contributed by atoms with Gasteiger partial charge in [-0.3, -0.25) is 0 Å². The van der Waals surface area contributed by atoms with Gasteiger partial charge in [0.1, 0.15) is 0 Å². The molecule has 0 heterocycles. The number of halogens is 1. The molecule has 1 rings (SSSR count). The molecule has 22 heavy (non-hydrogen) atoms. The predicted octanol–water partition coefficient (Wildman–Crippen LogP) is 1.31. The maximum absolute atomic E-state index is 12.2. The summed E-state index contributed by atoms with van der Waals surface area (Å²) in [4.78, 5) is -0.115. The zero-order valence-electron chi connectivity index (χ0n) is 12.9. The average Bonchev–Trinajstić information content (AvgIpc) is 2.44. The highest BCUT2D eigenvalue weighted by Gasteiger charge is 2.24. The number of sulfone groups is 1. The molecule has 0 aliphatic carbocycles. The monoisotopic (exact) mass is 370 g/mol. The topological polar surface area (TPSA) is 106 Å². The lowest BCUT2D eigenvalue weighted by Gasteiger charge is -2.26. The first-order chi connectivity index (χ1) is 9.54. The molecule has 1 aromatic carbocycles. The summed E-state index contributed by atoms with van der Waals surface area (Å²) in [7, 11) is -7.25. The van der Waals surface area contributed by atoms with Gasteiger partial charge in [0.25, 0.3) is 0 Å². The van der Waals surface area contributed by atoms with Crippen LogP contribution in [0.2, 0.25) is 0 Å². The number of benzene rings is 1. The molecule has 0 atom stereocenters. The fourth-order valence-electron chi connectivity index (χ4n) is 1.69. The SMILES string of the molecule is CCC(N)(CC)CNS(=O)(=O)c1cccc(S(C)(=O)=O)c1.Cl. The average molecular weight is 371 g/mol. The summed E-state index contributed by atoms with van der Waals surface area (Å²) >= 11 is 0. The van der Waals surface area contributed by atoms with E-state index in [1.54, 1.807) is 0 Å². The Morgan fingerprint density at radius 2 is 1.59 bits per heavy atom. The van der Waals surface area contributed by atoms with Crippen molar-refractivity contribution in [1.82, 2.24) is 4.72 Å². The van der Waals surface area contributed by atoms with Crippen LogP contribution in [0, 0.1) is 0 Å². The van der Waals surface area contributed by atoms with E-state index in [2.05, 4.69) is 4.72 Å². The molecule has 3 N–H and O–H groups in total. The molecule has 0 spiro atoms. The van der Waals surface area contributed by atoms with Crippen molar-refractivity contribution >= 4 is 32.3 Å². The molecule has 128 valence electrons. The van der Waals surface area contributed by atoms with Gasteiger partial charge in [-0.2, -0.15) is 0 Å². The van der Waals surface area contributed by atoms with Crippen LogP contribution in [0.4, 0.5) is 0 Å². The van der Waals surface area contributed by atoms with Crippen LogP contribution in [0.15, 0.2) is 34.1 Å². The van der Waals surface area contributed by atoms with Crippen molar-refractivity contribution in [2.45, 2.75) is 42.0 Å². The number of rotatable bonds is 7. The molecule has 0 aliphatic rings. The van der Waals surface area contributed by atoms with E-state index in [0.29, 0.717) is 12.8 Å². The first-order valence-corrected chi connectivity index (χ1v) is 10.0. The predicted molar refractivity (Wildman–Crippen MR) is 89.5 cm³/mol. The Hall–Kier alpha value is -0.670. The largest absolute Gasteiger partial charge is 0.324 e. The first kappa shape index (κ1) is 21.3. The lowest BCUT2D eigenvalue weighted by Crippen LogP contribution is -2.49. The highest BCUT2D eigenvalue weighted by atomic mass is 35.5.